The first-order chi connectivity index (χ1) is 9.78. The number of ether oxygens (including phenoxy) is 1. The SMILES string of the molecule is O=C(CCl)c1ncn2cc(Oc3cccnc3)ccc12. The van der Waals surface area contributed by atoms with Gasteiger partial charge in [0, 0.05) is 6.20 Å². The molecule has 0 saturated carbocycles. The van der Waals surface area contributed by atoms with Crippen molar-refractivity contribution in [1.82, 2.24) is 14.4 Å². The van der Waals surface area contributed by atoms with Crippen LogP contribution in [-0.2, 0) is 0 Å². The molecule has 0 unspecified atom stereocenters. The predicted octanol–water partition coefficient (Wildman–Crippen LogP) is 2.94. The third kappa shape index (κ3) is 2.35. The van der Waals surface area contributed by atoms with E-state index in [9.17, 15) is 4.79 Å². The summed E-state index contributed by atoms with van der Waals surface area (Å²) in [6.07, 6.45) is 6.61. The normalized spacial score (nSPS) is 10.7. The van der Waals surface area contributed by atoms with E-state index >= 15 is 0 Å². The Hall–Kier alpha value is -2.40. The molecule has 0 aliphatic heterocycles. The van der Waals surface area contributed by atoms with Gasteiger partial charge in [0.15, 0.2) is 5.78 Å². The second kappa shape index (κ2) is 5.30. The molecule has 0 fully saturated rings. The number of halogens is 1. The molecule has 0 bridgehead atoms. The molecule has 0 aliphatic rings. The van der Waals surface area contributed by atoms with Crippen LogP contribution in [0.3, 0.4) is 0 Å². The number of nitrogens with zero attached hydrogens (tertiary/aromatic N) is 3. The van der Waals surface area contributed by atoms with E-state index in [1.54, 1.807) is 47.5 Å². The topological polar surface area (TPSA) is 56.5 Å². The Labute approximate surface area is 119 Å². The van der Waals surface area contributed by atoms with Crippen molar-refractivity contribution in [3.8, 4) is 11.5 Å². The van der Waals surface area contributed by atoms with Gasteiger partial charge in [-0.25, -0.2) is 4.98 Å². The summed E-state index contributed by atoms with van der Waals surface area (Å²) in [4.78, 5) is 19.7. The van der Waals surface area contributed by atoms with Gasteiger partial charge in [-0.1, -0.05) is 0 Å². The number of rotatable bonds is 4. The molecule has 3 rings (SSSR count). The van der Waals surface area contributed by atoms with Crippen LogP contribution < -0.4 is 4.74 Å². The van der Waals surface area contributed by atoms with Crippen LogP contribution >= 0.6 is 11.6 Å². The first kappa shape index (κ1) is 12.6. The molecule has 0 amide bonds. The van der Waals surface area contributed by atoms with Gasteiger partial charge in [-0.15, -0.1) is 11.6 Å². The molecule has 100 valence electrons. The zero-order valence-electron chi connectivity index (χ0n) is 10.4. The van der Waals surface area contributed by atoms with Crippen LogP contribution in [-0.4, -0.2) is 26.0 Å². The number of carbonyl (C=O) groups is 1. The summed E-state index contributed by atoms with van der Waals surface area (Å²) >= 11 is 5.55. The number of Topliss-reactive ketones (excluding diaryl/α,β-unsaturated/α-hetero) is 1. The lowest BCUT2D eigenvalue weighted by molar-refractivity contribution is 0.101. The molecule has 0 aliphatic carbocycles. The third-order valence-corrected chi connectivity index (χ3v) is 3.00. The summed E-state index contributed by atoms with van der Waals surface area (Å²) in [5.74, 6) is 0.993. The number of fused-ring (bicyclic) bond motifs is 1. The van der Waals surface area contributed by atoms with E-state index in [4.69, 9.17) is 16.3 Å². The minimum absolute atomic E-state index is 0.0827. The zero-order chi connectivity index (χ0) is 13.9. The Kier molecular flexibility index (Phi) is 3.35. The van der Waals surface area contributed by atoms with Crippen molar-refractivity contribution >= 4 is 22.9 Å². The van der Waals surface area contributed by atoms with Crippen molar-refractivity contribution in [3.63, 3.8) is 0 Å². The quantitative estimate of drug-likeness (QED) is 0.547. The largest absolute Gasteiger partial charge is 0.454 e. The van der Waals surface area contributed by atoms with Gasteiger partial charge in [-0.05, 0) is 24.3 Å². The lowest BCUT2D eigenvalue weighted by Gasteiger charge is -2.05. The van der Waals surface area contributed by atoms with Gasteiger partial charge in [0.05, 0.1) is 23.8 Å². The summed E-state index contributed by atoms with van der Waals surface area (Å²) in [5, 5.41) is 0. The van der Waals surface area contributed by atoms with Crippen LogP contribution in [0.4, 0.5) is 0 Å². The minimum atomic E-state index is -0.199. The molecular weight excluding hydrogens is 278 g/mol. The third-order valence-electron chi connectivity index (χ3n) is 2.76. The first-order valence-electron chi connectivity index (χ1n) is 5.91. The van der Waals surface area contributed by atoms with Gasteiger partial charge >= 0.3 is 0 Å². The molecule has 3 aromatic rings. The number of carbonyl (C=O) groups excluding carboxylic acids is 1. The maximum Gasteiger partial charge on any atom is 0.198 e. The Bertz CT molecular complexity index is 755. The van der Waals surface area contributed by atoms with Crippen molar-refractivity contribution in [3.05, 3.63) is 54.9 Å². The second-order valence-electron chi connectivity index (χ2n) is 4.10. The van der Waals surface area contributed by atoms with E-state index in [0.29, 0.717) is 22.7 Å². The molecular formula is C14H10ClN3O2. The highest BCUT2D eigenvalue weighted by Crippen LogP contribution is 2.22. The molecule has 3 heterocycles. The molecule has 0 radical (unpaired) electrons. The summed E-state index contributed by atoms with van der Waals surface area (Å²) in [6, 6.07) is 7.16. The summed E-state index contributed by atoms with van der Waals surface area (Å²) in [7, 11) is 0. The summed E-state index contributed by atoms with van der Waals surface area (Å²) in [6.45, 7) is 0. The predicted molar refractivity (Wildman–Crippen MR) is 74.6 cm³/mol. The van der Waals surface area contributed by atoms with Crippen LogP contribution in [0.5, 0.6) is 11.5 Å². The van der Waals surface area contributed by atoms with Gasteiger partial charge in [0.2, 0.25) is 0 Å². The lowest BCUT2D eigenvalue weighted by atomic mass is 10.2. The fraction of sp³-hybridized carbons (Fsp3) is 0.0714. The highest BCUT2D eigenvalue weighted by molar-refractivity contribution is 6.31. The highest BCUT2D eigenvalue weighted by Gasteiger charge is 2.12. The Balaban J connectivity index is 1.94. The van der Waals surface area contributed by atoms with Gasteiger partial charge in [0.1, 0.15) is 23.5 Å². The Morgan fingerprint density at radius 1 is 1.30 bits per heavy atom. The van der Waals surface area contributed by atoms with Crippen molar-refractivity contribution in [2.24, 2.45) is 0 Å². The Morgan fingerprint density at radius 2 is 2.20 bits per heavy atom. The molecule has 0 atom stereocenters. The standard InChI is InChI=1S/C14H10ClN3O2/c15-6-13(19)14-12-4-3-11(8-18(12)9-17-14)20-10-2-1-5-16-7-10/h1-5,7-9H,6H2. The fourth-order valence-electron chi connectivity index (χ4n) is 1.86. The maximum atomic E-state index is 11.6. The van der Waals surface area contributed by atoms with E-state index in [1.807, 2.05) is 6.07 Å². The van der Waals surface area contributed by atoms with Crippen LogP contribution in [0.15, 0.2) is 49.2 Å². The average molecular weight is 288 g/mol. The number of aromatic nitrogens is 3. The number of ketones is 1. The number of imidazole rings is 1. The number of alkyl halides is 1. The zero-order valence-corrected chi connectivity index (χ0v) is 11.1. The molecule has 3 aromatic heterocycles. The monoisotopic (exact) mass is 287 g/mol. The van der Waals surface area contributed by atoms with Crippen molar-refractivity contribution in [1.29, 1.82) is 0 Å². The lowest BCUT2D eigenvalue weighted by Crippen LogP contribution is -2.01. The molecule has 6 heteroatoms. The highest BCUT2D eigenvalue weighted by atomic mass is 35.5. The van der Waals surface area contributed by atoms with Crippen LogP contribution in [0, 0.1) is 0 Å². The van der Waals surface area contributed by atoms with Crippen LogP contribution in [0.25, 0.3) is 5.52 Å². The Morgan fingerprint density at radius 3 is 2.95 bits per heavy atom. The van der Waals surface area contributed by atoms with E-state index in [1.165, 1.54) is 0 Å². The van der Waals surface area contributed by atoms with Gasteiger partial charge in [-0.2, -0.15) is 0 Å². The van der Waals surface area contributed by atoms with E-state index in [2.05, 4.69) is 9.97 Å². The van der Waals surface area contributed by atoms with Crippen molar-refractivity contribution < 1.29 is 9.53 Å². The number of pyridine rings is 2. The molecule has 0 N–H and O–H groups in total. The van der Waals surface area contributed by atoms with E-state index in [0.717, 1.165) is 0 Å². The van der Waals surface area contributed by atoms with E-state index < -0.39 is 0 Å². The fourth-order valence-corrected chi connectivity index (χ4v) is 1.99. The second-order valence-corrected chi connectivity index (χ2v) is 4.37. The minimum Gasteiger partial charge on any atom is -0.454 e. The van der Waals surface area contributed by atoms with Crippen LogP contribution in [0.1, 0.15) is 10.5 Å². The molecule has 0 spiro atoms. The molecule has 0 aromatic carbocycles. The smallest absolute Gasteiger partial charge is 0.198 e. The van der Waals surface area contributed by atoms with Crippen LogP contribution in [0.2, 0.25) is 0 Å². The number of hydrogen-bond donors (Lipinski definition) is 0. The summed E-state index contributed by atoms with van der Waals surface area (Å²) < 4.78 is 7.39. The number of hydrogen-bond acceptors (Lipinski definition) is 4. The molecule has 20 heavy (non-hydrogen) atoms. The van der Waals surface area contributed by atoms with Gasteiger partial charge < -0.3 is 9.14 Å². The van der Waals surface area contributed by atoms with Crippen molar-refractivity contribution in [2.45, 2.75) is 0 Å². The average Bonchev–Trinajstić information content (AvgIpc) is 2.90. The van der Waals surface area contributed by atoms with Gasteiger partial charge in [-0.3, -0.25) is 9.78 Å². The molecule has 0 saturated heterocycles. The van der Waals surface area contributed by atoms with E-state index in [-0.39, 0.29) is 11.7 Å². The van der Waals surface area contributed by atoms with Crippen molar-refractivity contribution in [2.75, 3.05) is 5.88 Å². The van der Waals surface area contributed by atoms with Gasteiger partial charge in [0.25, 0.3) is 0 Å². The first-order valence-corrected chi connectivity index (χ1v) is 6.45. The molecule has 5 nitrogen and oxygen atoms in total. The maximum absolute atomic E-state index is 11.6. The summed E-state index contributed by atoms with van der Waals surface area (Å²) in [5.41, 5.74) is 1.07.